The number of pyridine rings is 1. The summed E-state index contributed by atoms with van der Waals surface area (Å²) in [6.45, 7) is 2.58. The Hall–Kier alpha value is -6.33. The van der Waals surface area contributed by atoms with Crippen LogP contribution in [0.5, 0.6) is 5.75 Å². The van der Waals surface area contributed by atoms with Gasteiger partial charge in [-0.1, -0.05) is 6.07 Å². The number of methoxy groups -OCH3 is 1. The second-order valence-corrected chi connectivity index (χ2v) is 16.4. The number of alkyl halides is 3. The number of halogens is 3. The highest BCUT2D eigenvalue weighted by molar-refractivity contribution is 6.23. The summed E-state index contributed by atoms with van der Waals surface area (Å²) in [5.41, 5.74) is 0.722. The molecule has 1 spiro atoms. The molecule has 2 aromatic heterocycles. The molecule has 2 aromatic carbocycles. The fraction of sp³-hybridized carbons (Fsp3) is 0.429. The van der Waals surface area contributed by atoms with Crippen molar-refractivity contribution >= 4 is 57.7 Å². The average Bonchev–Trinajstić information content (AvgIpc) is 3.75. The zero-order valence-electron chi connectivity index (χ0n) is 32.6. The maximum atomic E-state index is 13.7. The number of piperidine rings is 3. The Bertz CT molecular complexity index is 2460. The molecule has 6 amide bonds. The summed E-state index contributed by atoms with van der Waals surface area (Å²) in [5.74, 6) is -2.63. The number of fused-ring (bicyclic) bond motifs is 2. The van der Waals surface area contributed by atoms with Gasteiger partial charge in [0.15, 0.2) is 0 Å². The summed E-state index contributed by atoms with van der Waals surface area (Å²) in [7, 11) is 1.43. The maximum absolute atomic E-state index is 13.7. The minimum absolute atomic E-state index is 0.0523. The van der Waals surface area contributed by atoms with Crippen molar-refractivity contribution in [3.63, 3.8) is 0 Å². The van der Waals surface area contributed by atoms with Gasteiger partial charge >= 0.3 is 6.18 Å². The molecule has 9 rings (SSSR count). The Morgan fingerprint density at radius 2 is 1.65 bits per heavy atom. The fourth-order valence-corrected chi connectivity index (χ4v) is 9.47. The molecule has 2 N–H and O–H groups in total. The van der Waals surface area contributed by atoms with Crippen molar-refractivity contribution in [2.45, 2.75) is 69.6 Å². The number of imide groups is 2. The highest BCUT2D eigenvalue weighted by Crippen LogP contribution is 2.55. The summed E-state index contributed by atoms with van der Waals surface area (Å²) in [6, 6.07) is 10.7. The van der Waals surface area contributed by atoms with Crippen molar-refractivity contribution < 1.29 is 46.7 Å². The number of likely N-dealkylation sites (tertiary alicyclic amines) is 1. The van der Waals surface area contributed by atoms with Gasteiger partial charge in [-0.2, -0.15) is 18.3 Å². The van der Waals surface area contributed by atoms with Gasteiger partial charge in [0.25, 0.3) is 17.7 Å². The molecule has 5 aliphatic rings. The fourth-order valence-electron chi connectivity index (χ4n) is 9.47. The van der Waals surface area contributed by atoms with E-state index in [2.05, 4.69) is 20.5 Å². The van der Waals surface area contributed by atoms with Gasteiger partial charge in [-0.15, -0.1) is 0 Å². The summed E-state index contributed by atoms with van der Waals surface area (Å²) >= 11 is 0. The predicted octanol–water partition coefficient (Wildman–Crippen LogP) is 4.97. The number of rotatable bonds is 7. The SMILES string of the molecule is COc1cc2nn(C3CC4(CCN(C(=O)C5CCN(c6ccc7c(c6)C(=O)N([C@H]6CCC(=O)NC6=O)C7=O)CC5)CC4)C3)cc2cc1NC(=O)c1cccc(C(F)(F)F)n1. The normalized spacial score (nSPS) is 21.0. The molecule has 4 aromatic rings. The molecule has 1 atom stereocenters. The molecule has 6 heterocycles. The van der Waals surface area contributed by atoms with Crippen LogP contribution in [0.15, 0.2) is 54.7 Å². The molecule has 18 heteroatoms. The van der Waals surface area contributed by atoms with Gasteiger partial charge in [-0.3, -0.25) is 43.7 Å². The van der Waals surface area contributed by atoms with Crippen molar-refractivity contribution in [1.29, 1.82) is 0 Å². The van der Waals surface area contributed by atoms with E-state index >= 15 is 0 Å². The van der Waals surface area contributed by atoms with Gasteiger partial charge in [-0.05, 0) is 86.8 Å². The lowest BCUT2D eigenvalue weighted by molar-refractivity contribution is -0.141. The number of anilines is 2. The lowest BCUT2D eigenvalue weighted by Gasteiger charge is -2.52. The zero-order valence-corrected chi connectivity index (χ0v) is 32.6. The Morgan fingerprint density at radius 3 is 2.35 bits per heavy atom. The van der Waals surface area contributed by atoms with E-state index in [-0.39, 0.29) is 58.6 Å². The van der Waals surface area contributed by atoms with Crippen molar-refractivity contribution in [1.82, 2.24) is 29.9 Å². The van der Waals surface area contributed by atoms with Gasteiger partial charge in [-0.25, -0.2) is 4.98 Å². The van der Waals surface area contributed by atoms with Crippen molar-refractivity contribution in [3.8, 4) is 5.75 Å². The second kappa shape index (κ2) is 14.7. The first-order valence-electron chi connectivity index (χ1n) is 20.0. The van der Waals surface area contributed by atoms with Crippen LogP contribution in [0.3, 0.4) is 0 Å². The first-order valence-corrected chi connectivity index (χ1v) is 20.0. The summed E-state index contributed by atoms with van der Waals surface area (Å²) in [4.78, 5) is 85.7. The molecule has 60 heavy (non-hydrogen) atoms. The Morgan fingerprint density at radius 1 is 0.917 bits per heavy atom. The summed E-state index contributed by atoms with van der Waals surface area (Å²) in [6.07, 6.45) is 2.25. The standard InChI is InChI=1S/C42H41F3N8O7/c1-60-33-19-30-24(17-31(33)47-36(55)29-3-2-4-34(46-29)42(43,44)45)22-52(49-30)26-20-41(21-26)11-15-51(16-12-41)38(57)23-9-13-50(14-10-23)25-5-6-27-28(18-25)40(59)53(39(27)58)32-7-8-35(54)48-37(32)56/h2-6,17-19,22-23,26,32H,7-16,20-21H2,1H3,(H,47,55)(H,48,54,56)/t32-/m0/s1. The molecule has 0 bridgehead atoms. The molecule has 1 saturated carbocycles. The lowest BCUT2D eigenvalue weighted by atomic mass is 9.60. The zero-order chi connectivity index (χ0) is 42.1. The van der Waals surface area contributed by atoms with Crippen LogP contribution < -0.4 is 20.3 Å². The van der Waals surface area contributed by atoms with E-state index in [9.17, 15) is 41.9 Å². The van der Waals surface area contributed by atoms with E-state index in [1.807, 2.05) is 15.8 Å². The Kier molecular flexibility index (Phi) is 9.62. The van der Waals surface area contributed by atoms with Crippen molar-refractivity contribution in [2.24, 2.45) is 11.3 Å². The third-order valence-corrected chi connectivity index (χ3v) is 12.8. The van der Waals surface area contributed by atoms with Crippen LogP contribution in [0.2, 0.25) is 0 Å². The number of hydrogen-bond donors (Lipinski definition) is 2. The highest BCUT2D eigenvalue weighted by atomic mass is 19.4. The lowest BCUT2D eigenvalue weighted by Crippen LogP contribution is -2.54. The van der Waals surface area contributed by atoms with Crippen LogP contribution in [0.1, 0.15) is 94.3 Å². The van der Waals surface area contributed by atoms with E-state index in [1.165, 1.54) is 13.2 Å². The molecule has 0 unspecified atom stereocenters. The molecular weight excluding hydrogens is 786 g/mol. The molecule has 312 valence electrons. The number of amides is 6. The van der Waals surface area contributed by atoms with E-state index in [1.54, 1.807) is 30.3 Å². The molecule has 3 saturated heterocycles. The van der Waals surface area contributed by atoms with Gasteiger partial charge in [0.05, 0.1) is 35.5 Å². The number of carbonyl (C=O) groups excluding carboxylic acids is 6. The summed E-state index contributed by atoms with van der Waals surface area (Å²) < 4.78 is 46.9. The van der Waals surface area contributed by atoms with Gasteiger partial charge in [0.2, 0.25) is 17.7 Å². The molecular formula is C42H41F3N8O7. The minimum Gasteiger partial charge on any atom is -0.494 e. The number of nitrogens with zero attached hydrogens (tertiary/aromatic N) is 6. The number of nitrogens with one attached hydrogen (secondary N) is 2. The van der Waals surface area contributed by atoms with E-state index in [0.29, 0.717) is 50.3 Å². The van der Waals surface area contributed by atoms with Crippen molar-refractivity contribution in [2.75, 3.05) is 43.5 Å². The van der Waals surface area contributed by atoms with Crippen LogP contribution in [-0.2, 0) is 20.6 Å². The van der Waals surface area contributed by atoms with E-state index in [4.69, 9.17) is 9.84 Å². The average molecular weight is 827 g/mol. The van der Waals surface area contributed by atoms with Crippen LogP contribution in [0.4, 0.5) is 24.5 Å². The first kappa shape index (κ1) is 39.1. The highest BCUT2D eigenvalue weighted by Gasteiger charge is 2.48. The van der Waals surface area contributed by atoms with Crippen LogP contribution in [0, 0.1) is 11.3 Å². The number of carbonyl (C=O) groups is 6. The van der Waals surface area contributed by atoms with E-state index < -0.39 is 47.4 Å². The minimum atomic E-state index is -4.69. The quantitative estimate of drug-likeness (QED) is 0.242. The Labute approximate surface area is 341 Å². The van der Waals surface area contributed by atoms with Crippen LogP contribution in [0.25, 0.3) is 10.9 Å². The molecule has 1 aliphatic carbocycles. The second-order valence-electron chi connectivity index (χ2n) is 16.4. The van der Waals surface area contributed by atoms with E-state index in [0.717, 1.165) is 53.8 Å². The molecule has 0 radical (unpaired) electrons. The topological polar surface area (TPSA) is 176 Å². The largest absolute Gasteiger partial charge is 0.494 e. The Balaban J connectivity index is 0.771. The number of aromatic nitrogens is 3. The van der Waals surface area contributed by atoms with Crippen LogP contribution >= 0.6 is 0 Å². The van der Waals surface area contributed by atoms with Gasteiger partial charge in [0, 0.05) is 61.9 Å². The molecule has 15 nitrogen and oxygen atoms in total. The van der Waals surface area contributed by atoms with Gasteiger partial charge in [0.1, 0.15) is 23.2 Å². The number of ether oxygens (including phenoxy) is 1. The molecule has 4 aliphatic heterocycles. The monoisotopic (exact) mass is 826 g/mol. The number of hydrogen-bond acceptors (Lipinski definition) is 10. The third kappa shape index (κ3) is 7.00. The number of benzene rings is 2. The third-order valence-electron chi connectivity index (χ3n) is 12.8. The van der Waals surface area contributed by atoms with Crippen molar-refractivity contribution in [3.05, 3.63) is 77.2 Å². The van der Waals surface area contributed by atoms with Crippen LogP contribution in [-0.4, -0.2) is 99.3 Å². The summed E-state index contributed by atoms with van der Waals surface area (Å²) in [5, 5.41) is 10.3. The first-order chi connectivity index (χ1) is 28.7. The van der Waals surface area contributed by atoms with Gasteiger partial charge < -0.3 is 19.9 Å². The maximum Gasteiger partial charge on any atom is 0.433 e. The smallest absolute Gasteiger partial charge is 0.433 e. The molecule has 4 fully saturated rings. The predicted molar refractivity (Wildman–Crippen MR) is 208 cm³/mol.